The number of amides is 1. The monoisotopic (exact) mass is 637 g/mol. The van der Waals surface area contributed by atoms with Gasteiger partial charge in [-0.3, -0.25) is 9.59 Å². The molecule has 5 aromatic rings. The summed E-state index contributed by atoms with van der Waals surface area (Å²) in [6, 6.07) is 30.1. The Bertz CT molecular complexity index is 1990. The molecule has 1 N–H and O–H groups in total. The van der Waals surface area contributed by atoms with Gasteiger partial charge in [0, 0.05) is 5.56 Å². The van der Waals surface area contributed by atoms with Gasteiger partial charge in [0.2, 0.25) is 0 Å². The number of rotatable bonds is 8. The van der Waals surface area contributed by atoms with Crippen LogP contribution in [0.4, 0.5) is 13.2 Å². The molecule has 9 heteroatoms. The van der Waals surface area contributed by atoms with Gasteiger partial charge in [-0.1, -0.05) is 67.6 Å². The quantitative estimate of drug-likeness (QED) is 0.184. The first-order valence-corrected chi connectivity index (χ1v) is 14.5. The van der Waals surface area contributed by atoms with Gasteiger partial charge < -0.3 is 14.6 Å². The molecule has 0 aliphatic carbocycles. The molecule has 1 heterocycles. The second kappa shape index (κ2) is 14.2. The third kappa shape index (κ3) is 7.79. The Morgan fingerprint density at radius 1 is 0.915 bits per heavy atom. The van der Waals surface area contributed by atoms with Crippen LogP contribution in [0.3, 0.4) is 0 Å². The summed E-state index contributed by atoms with van der Waals surface area (Å²) in [4.78, 5) is 26.3. The number of ether oxygens (including phenoxy) is 1. The number of carbonyl (C=O) groups excluding carboxylic acids is 1. The molecule has 0 saturated carbocycles. The van der Waals surface area contributed by atoms with E-state index >= 15 is 0 Å². The lowest BCUT2D eigenvalue weighted by Gasteiger charge is -2.19. The number of carbonyl (C=O) groups is 1. The van der Waals surface area contributed by atoms with Crippen molar-refractivity contribution in [1.29, 1.82) is 5.26 Å². The van der Waals surface area contributed by atoms with Gasteiger partial charge in [-0.15, -0.1) is 0 Å². The third-order valence-corrected chi connectivity index (χ3v) is 7.67. The van der Waals surface area contributed by atoms with E-state index in [0.29, 0.717) is 22.6 Å². The molecule has 0 radical (unpaired) electrons. The molecule has 5 rings (SSSR count). The van der Waals surface area contributed by atoms with Crippen LogP contribution in [0.2, 0.25) is 0 Å². The molecule has 0 fully saturated rings. The van der Waals surface area contributed by atoms with E-state index in [-0.39, 0.29) is 31.6 Å². The molecule has 1 atom stereocenters. The van der Waals surface area contributed by atoms with Gasteiger partial charge in [0.05, 0.1) is 23.8 Å². The molecule has 0 aliphatic rings. The molecule has 240 valence electrons. The predicted molar refractivity (Wildman–Crippen MR) is 176 cm³/mol. The molecule has 0 saturated heterocycles. The van der Waals surface area contributed by atoms with Crippen LogP contribution in [-0.4, -0.2) is 10.5 Å². The average Bonchev–Trinajstić information content (AvgIpc) is 3.03. The van der Waals surface area contributed by atoms with Crippen LogP contribution < -0.4 is 15.6 Å². The van der Waals surface area contributed by atoms with E-state index in [1.807, 2.05) is 69.3 Å². The number of benzene rings is 4. The van der Waals surface area contributed by atoms with Crippen molar-refractivity contribution < 1.29 is 22.7 Å². The highest BCUT2D eigenvalue weighted by Crippen LogP contribution is 2.35. The maximum atomic E-state index is 14.0. The summed E-state index contributed by atoms with van der Waals surface area (Å²) in [5.74, 6) is 0.476. The molecule has 47 heavy (non-hydrogen) atoms. The highest BCUT2D eigenvalue weighted by Gasteiger charge is 2.36. The lowest BCUT2D eigenvalue weighted by molar-refractivity contribution is -0.137. The fourth-order valence-corrected chi connectivity index (χ4v) is 5.20. The summed E-state index contributed by atoms with van der Waals surface area (Å²) < 4.78 is 49.1. The Morgan fingerprint density at radius 2 is 1.62 bits per heavy atom. The van der Waals surface area contributed by atoms with E-state index in [4.69, 9.17) is 4.74 Å². The van der Waals surface area contributed by atoms with E-state index in [1.165, 1.54) is 10.6 Å². The van der Waals surface area contributed by atoms with Crippen LogP contribution in [0.25, 0.3) is 11.3 Å². The minimum Gasteiger partial charge on any atom is -0.457 e. The van der Waals surface area contributed by atoms with Crippen molar-refractivity contribution in [3.63, 3.8) is 0 Å². The number of hydrogen-bond donors (Lipinski definition) is 1. The first-order valence-electron chi connectivity index (χ1n) is 14.5. The second-order valence-corrected chi connectivity index (χ2v) is 11.0. The van der Waals surface area contributed by atoms with Gasteiger partial charge in [-0.2, -0.15) is 18.4 Å². The van der Waals surface area contributed by atoms with Gasteiger partial charge in [0.25, 0.3) is 11.5 Å². The number of alkyl halides is 3. The maximum Gasteiger partial charge on any atom is 0.417 e. The summed E-state index contributed by atoms with van der Waals surface area (Å²) in [6.07, 6.45) is -4.91. The fourth-order valence-electron chi connectivity index (χ4n) is 5.20. The Balaban J connectivity index is 0.00000500. The summed E-state index contributed by atoms with van der Waals surface area (Å²) in [7, 11) is 0. The standard InChI is InChI=1S/C37H30F3N3O3.CH4/c1-23-12-13-29(24(2)18-23)22-43-34(20-33(37(38,39)40)32(21-41)36(43)45)27-14-16-30(17-15-27)46-31-11-7-10-28(19-31)35(44)42-25(3)26-8-5-4-6-9-26;/h4-20,25H,22H2,1-3H3,(H,42,44);1H4/t25-;/m1./s1. The number of halogens is 3. The van der Waals surface area contributed by atoms with Gasteiger partial charge >= 0.3 is 6.18 Å². The SMILES string of the molecule is C.Cc1ccc(Cn2c(-c3ccc(Oc4cccc(C(=O)N[C@H](C)c5ccccc5)c4)cc3)cc(C(F)(F)F)c(C#N)c2=O)c(C)c1. The maximum absolute atomic E-state index is 14.0. The number of nitriles is 1. The smallest absolute Gasteiger partial charge is 0.417 e. The molecule has 0 spiro atoms. The Morgan fingerprint density at radius 3 is 2.26 bits per heavy atom. The normalized spacial score (nSPS) is 11.6. The lowest BCUT2D eigenvalue weighted by Crippen LogP contribution is -2.29. The van der Waals surface area contributed by atoms with Gasteiger partial charge in [-0.05, 0) is 91.6 Å². The summed E-state index contributed by atoms with van der Waals surface area (Å²) in [6.45, 7) is 5.64. The number of nitrogens with one attached hydrogen (secondary N) is 1. The summed E-state index contributed by atoms with van der Waals surface area (Å²) >= 11 is 0. The van der Waals surface area contributed by atoms with Crippen molar-refractivity contribution in [1.82, 2.24) is 9.88 Å². The number of aromatic nitrogens is 1. The Labute approximate surface area is 271 Å². The number of nitrogens with zero attached hydrogens (tertiary/aromatic N) is 2. The summed E-state index contributed by atoms with van der Waals surface area (Å²) in [5.41, 5.74) is 1.03. The fraction of sp³-hybridized carbons (Fsp3) is 0.184. The minimum atomic E-state index is -4.91. The molecule has 1 aromatic heterocycles. The van der Waals surface area contributed by atoms with E-state index in [1.54, 1.807) is 48.5 Å². The van der Waals surface area contributed by atoms with Crippen molar-refractivity contribution >= 4 is 5.91 Å². The van der Waals surface area contributed by atoms with Crippen molar-refractivity contribution in [2.75, 3.05) is 0 Å². The van der Waals surface area contributed by atoms with Crippen molar-refractivity contribution in [2.24, 2.45) is 0 Å². The molecule has 4 aromatic carbocycles. The van der Waals surface area contributed by atoms with Crippen LogP contribution in [0.5, 0.6) is 11.5 Å². The second-order valence-electron chi connectivity index (χ2n) is 11.0. The topological polar surface area (TPSA) is 84.1 Å². The van der Waals surface area contributed by atoms with Crippen LogP contribution in [0.15, 0.2) is 108 Å². The number of aryl methyl sites for hydroxylation is 2. The molecule has 6 nitrogen and oxygen atoms in total. The van der Waals surface area contributed by atoms with Crippen molar-refractivity contribution in [3.05, 3.63) is 152 Å². The zero-order valence-electron chi connectivity index (χ0n) is 25.4. The van der Waals surface area contributed by atoms with Gasteiger partial charge in [-0.25, -0.2) is 0 Å². The van der Waals surface area contributed by atoms with Crippen LogP contribution in [-0.2, 0) is 12.7 Å². The molecular formula is C38H34F3N3O3. The van der Waals surface area contributed by atoms with Crippen LogP contribution in [0, 0.1) is 25.2 Å². The zero-order chi connectivity index (χ0) is 33.0. The van der Waals surface area contributed by atoms with E-state index in [9.17, 15) is 28.0 Å². The highest BCUT2D eigenvalue weighted by molar-refractivity contribution is 5.94. The Kier molecular flexibility index (Phi) is 10.4. The van der Waals surface area contributed by atoms with Crippen molar-refractivity contribution in [3.8, 4) is 28.8 Å². The van der Waals surface area contributed by atoms with Crippen molar-refractivity contribution in [2.45, 2.75) is 47.0 Å². The van der Waals surface area contributed by atoms with Gasteiger partial charge in [0.15, 0.2) is 0 Å². The van der Waals surface area contributed by atoms with Crippen LogP contribution in [0.1, 0.15) is 64.1 Å². The molecule has 0 unspecified atom stereocenters. The molecule has 0 aliphatic heterocycles. The molecule has 1 amide bonds. The predicted octanol–water partition coefficient (Wildman–Crippen LogP) is 8.99. The third-order valence-electron chi connectivity index (χ3n) is 7.67. The number of hydrogen-bond acceptors (Lipinski definition) is 4. The largest absolute Gasteiger partial charge is 0.457 e. The first kappa shape index (κ1) is 34.3. The highest BCUT2D eigenvalue weighted by atomic mass is 19.4. The van der Waals surface area contributed by atoms with E-state index in [0.717, 1.165) is 28.3 Å². The average molecular weight is 638 g/mol. The summed E-state index contributed by atoms with van der Waals surface area (Å²) in [5, 5.41) is 12.5. The van der Waals surface area contributed by atoms with Gasteiger partial charge in [0.1, 0.15) is 23.1 Å². The zero-order valence-corrected chi connectivity index (χ0v) is 25.4. The lowest BCUT2D eigenvalue weighted by atomic mass is 10.0. The first-order chi connectivity index (χ1) is 21.9. The Hall–Kier alpha value is -5.62. The van der Waals surface area contributed by atoms with E-state index in [2.05, 4.69) is 5.32 Å². The molecule has 0 bridgehead atoms. The minimum absolute atomic E-state index is 0. The van der Waals surface area contributed by atoms with Crippen LogP contribution >= 0.6 is 0 Å². The number of pyridine rings is 1. The van der Waals surface area contributed by atoms with E-state index < -0.39 is 22.9 Å². The molecular weight excluding hydrogens is 603 g/mol.